The molecule has 0 bridgehead atoms. The van der Waals surface area contributed by atoms with Gasteiger partial charge in [-0.25, -0.2) is 0 Å². The number of piperazine rings is 1. The van der Waals surface area contributed by atoms with Crippen LogP contribution in [0.4, 0.5) is 0 Å². The number of nitrogens with zero attached hydrogens (tertiary/aromatic N) is 3. The molecule has 164 valence electrons. The van der Waals surface area contributed by atoms with E-state index in [4.69, 9.17) is 4.74 Å². The molecule has 3 heterocycles. The second-order valence-electron chi connectivity index (χ2n) is 8.88. The zero-order chi connectivity index (χ0) is 21.3. The Hall–Kier alpha value is -2.16. The molecule has 1 spiro atoms. The van der Waals surface area contributed by atoms with Gasteiger partial charge in [-0.3, -0.25) is 19.4 Å². The van der Waals surface area contributed by atoms with Crippen molar-refractivity contribution in [2.24, 2.45) is 0 Å². The van der Waals surface area contributed by atoms with E-state index in [1.165, 1.54) is 6.92 Å². The van der Waals surface area contributed by atoms with Crippen molar-refractivity contribution < 1.29 is 19.4 Å². The van der Waals surface area contributed by atoms with Crippen LogP contribution >= 0.6 is 0 Å². The minimum atomic E-state index is -0.329. The minimum absolute atomic E-state index is 0.0762. The Labute approximate surface area is 177 Å². The van der Waals surface area contributed by atoms with Gasteiger partial charge in [0.15, 0.2) is 0 Å². The Kier molecular flexibility index (Phi) is 5.99. The van der Waals surface area contributed by atoms with Gasteiger partial charge < -0.3 is 20.1 Å². The van der Waals surface area contributed by atoms with Crippen molar-refractivity contribution in [1.29, 1.82) is 0 Å². The molecule has 2 atom stereocenters. The Morgan fingerprint density at radius 1 is 1.23 bits per heavy atom. The van der Waals surface area contributed by atoms with E-state index in [1.807, 2.05) is 23.1 Å². The number of hydrogen-bond donors (Lipinski definition) is 2. The van der Waals surface area contributed by atoms with Gasteiger partial charge in [-0.2, -0.15) is 0 Å². The maximum Gasteiger partial charge on any atom is 0.224 e. The van der Waals surface area contributed by atoms with Crippen molar-refractivity contribution in [2.75, 3.05) is 46.4 Å². The van der Waals surface area contributed by atoms with Gasteiger partial charge in [0.1, 0.15) is 5.75 Å². The highest BCUT2D eigenvalue weighted by Crippen LogP contribution is 2.40. The summed E-state index contributed by atoms with van der Waals surface area (Å²) in [7, 11) is 1.69. The average molecular weight is 417 g/mol. The van der Waals surface area contributed by atoms with Crippen LogP contribution in [0.3, 0.4) is 0 Å². The monoisotopic (exact) mass is 416 g/mol. The van der Waals surface area contributed by atoms with Crippen molar-refractivity contribution in [3.63, 3.8) is 0 Å². The molecule has 2 amide bonds. The number of likely N-dealkylation sites (tertiary alicyclic amines) is 1. The van der Waals surface area contributed by atoms with Crippen LogP contribution in [-0.4, -0.2) is 95.7 Å². The highest BCUT2D eigenvalue weighted by Gasteiger charge is 2.56. The summed E-state index contributed by atoms with van der Waals surface area (Å²) in [4.78, 5) is 30.7. The van der Waals surface area contributed by atoms with Crippen LogP contribution in [0.25, 0.3) is 0 Å². The number of ether oxygens (including phenoxy) is 1. The number of rotatable bonds is 6. The highest BCUT2D eigenvalue weighted by atomic mass is 16.5. The number of amides is 2. The van der Waals surface area contributed by atoms with Crippen LogP contribution in [0.15, 0.2) is 24.3 Å². The van der Waals surface area contributed by atoms with E-state index >= 15 is 0 Å². The molecule has 4 rings (SSSR count). The van der Waals surface area contributed by atoms with Crippen molar-refractivity contribution in [3.05, 3.63) is 29.8 Å². The normalized spacial score (nSPS) is 25.6. The Morgan fingerprint density at radius 2 is 2.00 bits per heavy atom. The number of β-amino-alcohol motifs (C(OH)–C–C–N with tert-alkyl or cyclic N) is 1. The number of carbonyl (C=O) groups excluding carboxylic acids is 2. The van der Waals surface area contributed by atoms with E-state index in [1.54, 1.807) is 7.11 Å². The van der Waals surface area contributed by atoms with Gasteiger partial charge in [-0.05, 0) is 12.5 Å². The lowest BCUT2D eigenvalue weighted by molar-refractivity contribution is -0.151. The van der Waals surface area contributed by atoms with Gasteiger partial charge >= 0.3 is 0 Å². The van der Waals surface area contributed by atoms with E-state index in [9.17, 15) is 14.7 Å². The Balaban J connectivity index is 1.42. The predicted molar refractivity (Wildman–Crippen MR) is 112 cm³/mol. The smallest absolute Gasteiger partial charge is 0.224 e. The van der Waals surface area contributed by atoms with Crippen LogP contribution < -0.4 is 10.1 Å². The summed E-state index contributed by atoms with van der Waals surface area (Å²) in [6.45, 7) is 6.39. The van der Waals surface area contributed by atoms with Gasteiger partial charge in [-0.1, -0.05) is 18.2 Å². The van der Waals surface area contributed by atoms with Crippen LogP contribution in [0, 0.1) is 0 Å². The van der Waals surface area contributed by atoms with Crippen LogP contribution in [0.1, 0.15) is 25.3 Å². The number of nitrogens with one attached hydrogen (secondary N) is 1. The summed E-state index contributed by atoms with van der Waals surface area (Å²) >= 11 is 0. The molecule has 8 heteroatoms. The number of fused-ring (bicyclic) bond motifs is 2. The number of carbonyl (C=O) groups is 2. The predicted octanol–water partition coefficient (Wildman–Crippen LogP) is 0.0532. The summed E-state index contributed by atoms with van der Waals surface area (Å²) in [5.74, 6) is 0.854. The van der Waals surface area contributed by atoms with Gasteiger partial charge in [0.25, 0.3) is 0 Å². The third kappa shape index (κ3) is 4.17. The SMILES string of the molecule is COc1ccccc1CN1CC2(C1)CN(C(=O)CCNC(C)=O)C[C@@H]1C[C@@H](O)CN12. The lowest BCUT2D eigenvalue weighted by Crippen LogP contribution is -2.78. The van der Waals surface area contributed by atoms with Crippen molar-refractivity contribution in [1.82, 2.24) is 20.0 Å². The van der Waals surface area contributed by atoms with Crippen LogP contribution in [-0.2, 0) is 16.1 Å². The molecule has 3 saturated heterocycles. The summed E-state index contributed by atoms with van der Waals surface area (Å²) in [6.07, 6.45) is 0.698. The molecule has 8 nitrogen and oxygen atoms in total. The van der Waals surface area contributed by atoms with Crippen molar-refractivity contribution in [2.45, 2.75) is 44.0 Å². The molecule has 30 heavy (non-hydrogen) atoms. The van der Waals surface area contributed by atoms with Gasteiger partial charge in [0.05, 0.1) is 18.8 Å². The van der Waals surface area contributed by atoms with E-state index in [-0.39, 0.29) is 29.5 Å². The largest absolute Gasteiger partial charge is 0.496 e. The first kappa shape index (κ1) is 21.1. The van der Waals surface area contributed by atoms with Crippen LogP contribution in [0.5, 0.6) is 5.75 Å². The first-order valence-electron chi connectivity index (χ1n) is 10.7. The fourth-order valence-electron chi connectivity index (χ4n) is 5.36. The first-order valence-corrected chi connectivity index (χ1v) is 10.7. The first-order chi connectivity index (χ1) is 14.4. The van der Waals surface area contributed by atoms with E-state index in [0.717, 1.165) is 30.9 Å². The molecular weight excluding hydrogens is 384 g/mol. The summed E-state index contributed by atoms with van der Waals surface area (Å²) in [5, 5.41) is 13.0. The van der Waals surface area contributed by atoms with Gasteiger partial charge in [0, 0.05) is 70.8 Å². The summed E-state index contributed by atoms with van der Waals surface area (Å²) in [5.41, 5.74) is 1.05. The minimum Gasteiger partial charge on any atom is -0.496 e. The summed E-state index contributed by atoms with van der Waals surface area (Å²) in [6, 6.07) is 8.27. The lowest BCUT2D eigenvalue weighted by atomic mass is 9.83. The molecule has 2 N–H and O–H groups in total. The maximum absolute atomic E-state index is 12.8. The zero-order valence-corrected chi connectivity index (χ0v) is 17.8. The number of aliphatic hydroxyl groups is 1. The molecule has 3 aliphatic heterocycles. The van der Waals surface area contributed by atoms with E-state index in [2.05, 4.69) is 21.2 Å². The summed E-state index contributed by atoms with van der Waals surface area (Å²) < 4.78 is 5.49. The maximum atomic E-state index is 12.8. The molecule has 0 aliphatic carbocycles. The standard InChI is InChI=1S/C22H32N4O4/c1-16(27)23-8-7-21(29)25-11-18-9-19(28)12-26(18)22(15-25)13-24(14-22)10-17-5-3-4-6-20(17)30-2/h3-6,18-19,28H,7-15H2,1-2H3,(H,23,27)/t18-,19+/m0/s1. The third-order valence-corrected chi connectivity index (χ3v) is 6.61. The average Bonchev–Trinajstić information content (AvgIpc) is 3.07. The van der Waals surface area contributed by atoms with Crippen molar-refractivity contribution >= 4 is 11.8 Å². The van der Waals surface area contributed by atoms with Gasteiger partial charge in [-0.15, -0.1) is 0 Å². The lowest BCUT2D eigenvalue weighted by Gasteiger charge is -2.61. The molecule has 1 aromatic carbocycles. The molecule has 0 radical (unpaired) electrons. The fraction of sp³-hybridized carbons (Fsp3) is 0.636. The number of para-hydroxylation sites is 1. The Morgan fingerprint density at radius 3 is 2.73 bits per heavy atom. The molecule has 0 saturated carbocycles. The molecule has 3 aliphatic rings. The molecule has 0 aromatic heterocycles. The molecule has 3 fully saturated rings. The second kappa shape index (κ2) is 8.53. The Bertz CT molecular complexity index is 795. The molecule has 0 unspecified atom stereocenters. The van der Waals surface area contributed by atoms with Crippen LogP contribution in [0.2, 0.25) is 0 Å². The third-order valence-electron chi connectivity index (χ3n) is 6.61. The number of benzene rings is 1. The fourth-order valence-corrected chi connectivity index (χ4v) is 5.36. The number of hydrogen-bond acceptors (Lipinski definition) is 6. The molecule has 1 aromatic rings. The highest BCUT2D eigenvalue weighted by molar-refractivity contribution is 5.78. The van der Waals surface area contributed by atoms with Gasteiger partial charge in [0.2, 0.25) is 11.8 Å². The van der Waals surface area contributed by atoms with E-state index < -0.39 is 0 Å². The van der Waals surface area contributed by atoms with E-state index in [0.29, 0.717) is 39.0 Å². The van der Waals surface area contributed by atoms with Crippen molar-refractivity contribution in [3.8, 4) is 5.75 Å². The second-order valence-corrected chi connectivity index (χ2v) is 8.88. The molecular formula is C22H32N4O4. The number of aliphatic hydroxyl groups excluding tert-OH is 1. The number of methoxy groups -OCH3 is 1. The zero-order valence-electron chi connectivity index (χ0n) is 17.8. The topological polar surface area (TPSA) is 85.3 Å². The quantitative estimate of drug-likeness (QED) is 0.682.